The van der Waals surface area contributed by atoms with E-state index in [0.29, 0.717) is 6.54 Å². The number of nitrogens with one attached hydrogen (secondary N) is 1. The number of fused-ring (bicyclic) bond motifs is 1. The molecule has 2 rings (SSSR count). The minimum Gasteiger partial charge on any atom is -2.00 e. The van der Waals surface area contributed by atoms with Crippen molar-refractivity contribution in [3.63, 3.8) is 0 Å². The van der Waals surface area contributed by atoms with Crippen molar-refractivity contribution in [1.82, 2.24) is 15.1 Å². The van der Waals surface area contributed by atoms with Crippen LogP contribution < -0.4 is 14.8 Å². The second kappa shape index (κ2) is 18.8. The summed E-state index contributed by atoms with van der Waals surface area (Å²) in [6.07, 6.45) is 5.97. The molecule has 0 atom stereocenters. The quantitative estimate of drug-likeness (QED) is 0.198. The van der Waals surface area contributed by atoms with Gasteiger partial charge in [0.05, 0.1) is 20.0 Å². The van der Waals surface area contributed by atoms with Crippen LogP contribution >= 0.6 is 25.3 Å². The topological polar surface area (TPSA) is 82.5 Å². The first kappa shape index (κ1) is 32.5. The fourth-order valence-corrected chi connectivity index (χ4v) is 4.44. The molecule has 33 heavy (non-hydrogen) atoms. The molecule has 1 aromatic carbocycles. The number of carbonyl (C=O) groups excluding carboxylic acids is 1. The monoisotopic (exact) mass is 672 g/mol. The Morgan fingerprint density at radius 3 is 2.33 bits per heavy atom. The molecule has 1 aliphatic heterocycles. The SMILES string of the molecule is COc1cc2c(cc1OC)CN(CCCCCCN(CCS)CCNC(=O)CS)CC2.[O-2].[Re]. The maximum absolute atomic E-state index is 11.3. The third-order valence-electron chi connectivity index (χ3n) is 5.81. The van der Waals surface area contributed by atoms with Crippen LogP contribution in [0.2, 0.25) is 0 Å². The summed E-state index contributed by atoms with van der Waals surface area (Å²) in [4.78, 5) is 16.2. The van der Waals surface area contributed by atoms with Crippen molar-refractivity contribution in [2.75, 3.05) is 65.0 Å². The molecule has 0 spiro atoms. The summed E-state index contributed by atoms with van der Waals surface area (Å²) in [6, 6.07) is 4.26. The second-order valence-electron chi connectivity index (χ2n) is 7.99. The van der Waals surface area contributed by atoms with E-state index >= 15 is 0 Å². The Kier molecular flexibility index (Phi) is 18.5. The number of benzene rings is 1. The number of methoxy groups -OCH3 is 2. The molecule has 1 aliphatic rings. The van der Waals surface area contributed by atoms with Gasteiger partial charge in [0.1, 0.15) is 0 Å². The van der Waals surface area contributed by atoms with E-state index in [9.17, 15) is 4.79 Å². The molecule has 10 heteroatoms. The fourth-order valence-electron chi connectivity index (χ4n) is 4.04. The molecule has 0 fully saturated rings. The Morgan fingerprint density at radius 2 is 1.70 bits per heavy atom. The molecule has 0 saturated carbocycles. The molecule has 0 unspecified atom stereocenters. The van der Waals surface area contributed by atoms with Gasteiger partial charge in [-0.15, -0.1) is 0 Å². The van der Waals surface area contributed by atoms with E-state index in [1.807, 2.05) is 0 Å². The molecule has 0 aliphatic carbocycles. The van der Waals surface area contributed by atoms with Gasteiger partial charge < -0.3 is 25.2 Å². The van der Waals surface area contributed by atoms with Crippen molar-refractivity contribution in [3.8, 4) is 11.5 Å². The molecular formula is C23H39N3O4ReS2-2. The zero-order valence-electron chi connectivity index (χ0n) is 19.9. The number of thiol groups is 2. The largest absolute Gasteiger partial charge is 2.00 e. The second-order valence-corrected chi connectivity index (χ2v) is 8.75. The normalized spacial score (nSPS) is 13.0. The number of carbonyl (C=O) groups is 1. The number of unbranched alkanes of at least 4 members (excludes halogenated alkanes) is 3. The van der Waals surface area contributed by atoms with Crippen LogP contribution in [0.25, 0.3) is 0 Å². The van der Waals surface area contributed by atoms with E-state index in [0.717, 1.165) is 62.9 Å². The van der Waals surface area contributed by atoms with E-state index in [1.165, 1.54) is 36.8 Å². The van der Waals surface area contributed by atoms with E-state index in [-0.39, 0.29) is 37.6 Å². The first-order valence-electron chi connectivity index (χ1n) is 11.3. The van der Waals surface area contributed by atoms with Gasteiger partial charge in [-0.2, -0.15) is 25.3 Å². The molecule has 1 aromatic rings. The molecular weight excluding hydrogens is 633 g/mol. The number of ether oxygens (including phenoxy) is 2. The van der Waals surface area contributed by atoms with Crippen LogP contribution in [0, 0.1) is 0 Å². The van der Waals surface area contributed by atoms with Crippen molar-refractivity contribution in [1.29, 1.82) is 0 Å². The van der Waals surface area contributed by atoms with Gasteiger partial charge in [-0.3, -0.25) is 9.69 Å². The molecule has 1 N–H and O–H groups in total. The average Bonchev–Trinajstić information content (AvgIpc) is 2.79. The van der Waals surface area contributed by atoms with Gasteiger partial charge in [-0.1, -0.05) is 12.8 Å². The van der Waals surface area contributed by atoms with Crippen LogP contribution in [0.15, 0.2) is 12.1 Å². The van der Waals surface area contributed by atoms with E-state index in [4.69, 9.17) is 9.47 Å². The van der Waals surface area contributed by atoms with Gasteiger partial charge in [0, 0.05) is 58.9 Å². The van der Waals surface area contributed by atoms with Crippen LogP contribution in [0.4, 0.5) is 0 Å². The maximum atomic E-state index is 11.3. The first-order valence-corrected chi connectivity index (χ1v) is 12.5. The standard InChI is InChI=1S/C23H39N3O3S2.O.Re/c1-28-21-15-19-7-11-26(17-20(19)16-22(21)29-2)10-6-4-3-5-9-25(13-14-30)12-8-24-23(27)18-31;;/h15-16,30-31H,3-14,17-18H2,1-2H3,(H,24,27);;/q;-2;. The van der Waals surface area contributed by atoms with Crippen LogP contribution in [0.1, 0.15) is 36.8 Å². The summed E-state index contributed by atoms with van der Waals surface area (Å²) < 4.78 is 10.9. The van der Waals surface area contributed by atoms with E-state index in [2.05, 4.69) is 52.5 Å². The zero-order valence-corrected chi connectivity index (χ0v) is 24.4. The number of rotatable bonds is 15. The van der Waals surface area contributed by atoms with Crippen LogP contribution in [-0.2, 0) is 43.7 Å². The van der Waals surface area contributed by atoms with Crippen molar-refractivity contribution in [2.45, 2.75) is 38.6 Å². The van der Waals surface area contributed by atoms with E-state index in [1.54, 1.807) is 14.2 Å². The molecule has 0 saturated heterocycles. The maximum Gasteiger partial charge on any atom is 0.229 e. The zero-order chi connectivity index (χ0) is 22.5. The summed E-state index contributed by atoms with van der Waals surface area (Å²) in [6.45, 7) is 6.82. The van der Waals surface area contributed by atoms with Crippen LogP contribution in [0.5, 0.6) is 11.5 Å². The summed E-state index contributed by atoms with van der Waals surface area (Å²) in [5.74, 6) is 2.72. The van der Waals surface area contributed by atoms with Crippen LogP contribution in [0.3, 0.4) is 0 Å². The summed E-state index contributed by atoms with van der Waals surface area (Å²) in [5, 5.41) is 2.89. The summed E-state index contributed by atoms with van der Waals surface area (Å²) in [7, 11) is 3.39. The summed E-state index contributed by atoms with van der Waals surface area (Å²) >= 11 is 8.35. The number of amides is 1. The van der Waals surface area contributed by atoms with Crippen molar-refractivity contribution >= 4 is 31.2 Å². The van der Waals surface area contributed by atoms with Crippen LogP contribution in [-0.4, -0.2) is 80.7 Å². The van der Waals surface area contributed by atoms with Crippen molar-refractivity contribution in [3.05, 3.63) is 23.3 Å². The molecule has 7 nitrogen and oxygen atoms in total. The number of hydrogen-bond donors (Lipinski definition) is 3. The van der Waals surface area contributed by atoms with Gasteiger partial charge in [-0.05, 0) is 55.6 Å². The van der Waals surface area contributed by atoms with Crippen molar-refractivity contribution in [2.24, 2.45) is 0 Å². The first-order chi connectivity index (χ1) is 15.1. The predicted octanol–water partition coefficient (Wildman–Crippen LogP) is 2.78. The molecule has 1 amide bonds. The molecule has 1 heterocycles. The predicted molar refractivity (Wildman–Crippen MR) is 135 cm³/mol. The van der Waals surface area contributed by atoms with Gasteiger partial charge in [0.2, 0.25) is 5.91 Å². The molecule has 1 radical (unpaired) electrons. The average molecular weight is 672 g/mol. The Balaban J connectivity index is 0.00000512. The number of nitrogens with zero attached hydrogens (tertiary/aromatic N) is 2. The number of hydrogen-bond acceptors (Lipinski definition) is 7. The van der Waals surface area contributed by atoms with E-state index < -0.39 is 0 Å². The third kappa shape index (κ3) is 11.7. The van der Waals surface area contributed by atoms with Gasteiger partial charge in [-0.25, -0.2) is 0 Å². The van der Waals surface area contributed by atoms with Gasteiger partial charge in [0.25, 0.3) is 0 Å². The Morgan fingerprint density at radius 1 is 1.03 bits per heavy atom. The minimum atomic E-state index is -0.00734. The Labute approximate surface area is 224 Å². The molecule has 0 aromatic heterocycles. The summed E-state index contributed by atoms with van der Waals surface area (Å²) in [5.41, 5.74) is 2.74. The minimum absolute atomic E-state index is 0. The molecule has 0 bridgehead atoms. The molecule has 191 valence electrons. The smallest absolute Gasteiger partial charge is 0.229 e. The Bertz CT molecular complexity index is 685. The Hall–Kier alpha value is -0.468. The fraction of sp³-hybridized carbons (Fsp3) is 0.696. The van der Waals surface area contributed by atoms with Gasteiger partial charge >= 0.3 is 0 Å². The van der Waals surface area contributed by atoms with Crippen molar-refractivity contribution < 1.29 is 40.2 Å². The van der Waals surface area contributed by atoms with Gasteiger partial charge in [0.15, 0.2) is 11.5 Å². The third-order valence-corrected chi connectivity index (χ3v) is 6.29.